The molecule has 1 aliphatic heterocycles. The zero-order valence-electron chi connectivity index (χ0n) is 11.8. The van der Waals surface area contributed by atoms with Crippen molar-refractivity contribution in [3.63, 3.8) is 0 Å². The van der Waals surface area contributed by atoms with Gasteiger partial charge in [-0.1, -0.05) is 0 Å². The van der Waals surface area contributed by atoms with E-state index in [-0.39, 0.29) is 0 Å². The smallest absolute Gasteiger partial charge is 0.214 e. The highest BCUT2D eigenvalue weighted by molar-refractivity contribution is 7.71. The lowest BCUT2D eigenvalue weighted by Crippen LogP contribution is -2.51. The standard InChI is InChI=1S/C14H19N5S/c1-10-5-3-6-11(2)18(10)19-13(16-17-14(19)20)12-7-4-8-15-9-12/h4,7-11H,3,5-6H2,1-2H3,(H,17,20). The van der Waals surface area contributed by atoms with E-state index in [4.69, 9.17) is 12.2 Å². The predicted molar refractivity (Wildman–Crippen MR) is 81.6 cm³/mol. The molecule has 0 bridgehead atoms. The highest BCUT2D eigenvalue weighted by Crippen LogP contribution is 2.25. The largest absolute Gasteiger partial charge is 0.303 e. The Hall–Kier alpha value is -1.69. The average molecular weight is 289 g/mol. The van der Waals surface area contributed by atoms with Gasteiger partial charge in [-0.3, -0.25) is 4.98 Å². The summed E-state index contributed by atoms with van der Waals surface area (Å²) in [5.41, 5.74) is 0.977. The summed E-state index contributed by atoms with van der Waals surface area (Å²) in [6.45, 7) is 4.49. The van der Waals surface area contributed by atoms with Crippen molar-refractivity contribution in [3.8, 4) is 11.4 Å². The fourth-order valence-corrected chi connectivity index (χ4v) is 3.22. The number of aromatic nitrogens is 4. The molecule has 1 fully saturated rings. The SMILES string of the molecule is CC1CCCC(C)N1n1c(-c2cccnc2)n[nH]c1=S. The first-order chi connectivity index (χ1) is 9.68. The molecule has 0 spiro atoms. The van der Waals surface area contributed by atoms with Gasteiger partial charge in [0.1, 0.15) is 0 Å². The van der Waals surface area contributed by atoms with Crippen LogP contribution in [-0.4, -0.2) is 31.9 Å². The van der Waals surface area contributed by atoms with Crippen LogP contribution < -0.4 is 5.01 Å². The van der Waals surface area contributed by atoms with E-state index in [1.807, 2.05) is 23.0 Å². The van der Waals surface area contributed by atoms with E-state index in [0.717, 1.165) is 11.4 Å². The monoisotopic (exact) mass is 289 g/mol. The van der Waals surface area contributed by atoms with Crippen molar-refractivity contribution in [3.05, 3.63) is 29.3 Å². The number of nitrogens with one attached hydrogen (secondary N) is 1. The maximum Gasteiger partial charge on any atom is 0.214 e. The van der Waals surface area contributed by atoms with Gasteiger partial charge in [-0.25, -0.2) is 9.77 Å². The minimum Gasteiger partial charge on any atom is -0.303 e. The van der Waals surface area contributed by atoms with Gasteiger partial charge in [-0.15, -0.1) is 0 Å². The highest BCUT2D eigenvalue weighted by Gasteiger charge is 2.28. The molecule has 3 rings (SSSR count). The number of H-pyrrole nitrogens is 1. The fraction of sp³-hybridized carbons (Fsp3) is 0.500. The normalized spacial score (nSPS) is 23.0. The third-order valence-electron chi connectivity index (χ3n) is 3.95. The van der Waals surface area contributed by atoms with Gasteiger partial charge in [0.25, 0.3) is 0 Å². The number of rotatable bonds is 2. The molecule has 2 unspecified atom stereocenters. The van der Waals surface area contributed by atoms with Crippen molar-refractivity contribution in [1.82, 2.24) is 19.9 Å². The molecule has 6 heteroatoms. The zero-order chi connectivity index (χ0) is 14.1. The molecule has 0 radical (unpaired) electrons. The fourth-order valence-electron chi connectivity index (χ4n) is 2.99. The summed E-state index contributed by atoms with van der Waals surface area (Å²) in [6.07, 6.45) is 7.22. The van der Waals surface area contributed by atoms with E-state index in [0.29, 0.717) is 16.9 Å². The molecule has 20 heavy (non-hydrogen) atoms. The van der Waals surface area contributed by atoms with Crippen LogP contribution in [0.2, 0.25) is 0 Å². The van der Waals surface area contributed by atoms with Crippen molar-refractivity contribution in [2.24, 2.45) is 0 Å². The van der Waals surface area contributed by atoms with Crippen LogP contribution in [0.15, 0.2) is 24.5 Å². The summed E-state index contributed by atoms with van der Waals surface area (Å²) < 4.78 is 2.69. The van der Waals surface area contributed by atoms with Crippen LogP contribution in [0.25, 0.3) is 11.4 Å². The average Bonchev–Trinajstić information content (AvgIpc) is 2.82. The van der Waals surface area contributed by atoms with E-state index < -0.39 is 0 Å². The van der Waals surface area contributed by atoms with Crippen LogP contribution in [0.1, 0.15) is 33.1 Å². The molecule has 0 saturated carbocycles. The molecule has 0 aromatic carbocycles. The Labute approximate surface area is 123 Å². The van der Waals surface area contributed by atoms with Crippen molar-refractivity contribution in [2.45, 2.75) is 45.2 Å². The quantitative estimate of drug-likeness (QED) is 0.864. The van der Waals surface area contributed by atoms with Crippen molar-refractivity contribution >= 4 is 12.2 Å². The second-order valence-corrected chi connectivity index (χ2v) is 5.80. The molecule has 1 aliphatic rings. The van der Waals surface area contributed by atoms with E-state index in [2.05, 4.69) is 34.0 Å². The molecular formula is C14H19N5S. The molecule has 0 aliphatic carbocycles. The molecule has 1 N–H and O–H groups in total. The van der Waals surface area contributed by atoms with Crippen molar-refractivity contribution in [2.75, 3.05) is 5.01 Å². The first-order valence-corrected chi connectivity index (χ1v) is 7.45. The minimum atomic E-state index is 0.457. The third-order valence-corrected chi connectivity index (χ3v) is 4.21. The molecule has 106 valence electrons. The molecule has 1 saturated heterocycles. The van der Waals surface area contributed by atoms with Crippen molar-refractivity contribution < 1.29 is 0 Å². The molecule has 0 amide bonds. The number of pyridine rings is 1. The van der Waals surface area contributed by atoms with Gasteiger partial charge >= 0.3 is 0 Å². The third kappa shape index (κ3) is 2.24. The summed E-state index contributed by atoms with van der Waals surface area (Å²) in [7, 11) is 0. The second kappa shape index (κ2) is 5.36. The first kappa shape index (κ1) is 13.3. The molecule has 2 aromatic heterocycles. The van der Waals surface area contributed by atoms with E-state index in [1.54, 1.807) is 6.20 Å². The van der Waals surface area contributed by atoms with Gasteiger partial charge in [0, 0.05) is 30.0 Å². The number of aromatic amines is 1. The lowest BCUT2D eigenvalue weighted by molar-refractivity contribution is 0.335. The predicted octanol–water partition coefficient (Wildman–Crippen LogP) is 2.90. The van der Waals surface area contributed by atoms with Crippen LogP contribution in [0.5, 0.6) is 0 Å². The van der Waals surface area contributed by atoms with Crippen LogP contribution in [-0.2, 0) is 0 Å². The van der Waals surface area contributed by atoms with Crippen LogP contribution in [0, 0.1) is 4.77 Å². The van der Waals surface area contributed by atoms with Crippen LogP contribution >= 0.6 is 12.2 Å². The van der Waals surface area contributed by atoms with Gasteiger partial charge in [0.15, 0.2) is 5.82 Å². The first-order valence-electron chi connectivity index (χ1n) is 7.05. The Morgan fingerprint density at radius 2 is 2.05 bits per heavy atom. The Bertz CT molecular complexity index is 623. The Kier molecular flexibility index (Phi) is 3.56. The van der Waals surface area contributed by atoms with Crippen molar-refractivity contribution in [1.29, 1.82) is 0 Å². The van der Waals surface area contributed by atoms with Gasteiger partial charge in [0.05, 0.1) is 0 Å². The lowest BCUT2D eigenvalue weighted by atomic mass is 10.00. The summed E-state index contributed by atoms with van der Waals surface area (Å²) in [4.78, 5) is 4.17. The van der Waals surface area contributed by atoms with Gasteiger partial charge in [-0.05, 0) is 57.5 Å². The Morgan fingerprint density at radius 3 is 2.70 bits per heavy atom. The molecule has 2 aromatic rings. The number of piperidine rings is 1. The van der Waals surface area contributed by atoms with Gasteiger partial charge in [-0.2, -0.15) is 5.10 Å². The summed E-state index contributed by atoms with van der Waals surface area (Å²) in [6, 6.07) is 4.84. The van der Waals surface area contributed by atoms with E-state index in [1.165, 1.54) is 19.3 Å². The van der Waals surface area contributed by atoms with Gasteiger partial charge < -0.3 is 5.01 Å². The summed E-state index contributed by atoms with van der Waals surface area (Å²) in [5, 5.41) is 9.66. The lowest BCUT2D eigenvalue weighted by Gasteiger charge is -2.41. The van der Waals surface area contributed by atoms with E-state index >= 15 is 0 Å². The summed E-state index contributed by atoms with van der Waals surface area (Å²) >= 11 is 5.44. The molecule has 5 nitrogen and oxygen atoms in total. The molecule has 3 heterocycles. The second-order valence-electron chi connectivity index (χ2n) is 5.41. The number of hydrogen-bond acceptors (Lipinski definition) is 4. The number of nitrogens with zero attached hydrogens (tertiary/aromatic N) is 4. The summed E-state index contributed by atoms with van der Waals surface area (Å²) in [5.74, 6) is 0.837. The minimum absolute atomic E-state index is 0.457. The Morgan fingerprint density at radius 1 is 1.30 bits per heavy atom. The number of hydrogen-bond donors (Lipinski definition) is 1. The highest BCUT2D eigenvalue weighted by atomic mass is 32.1. The van der Waals surface area contributed by atoms with Gasteiger partial charge in [0.2, 0.25) is 4.77 Å². The van der Waals surface area contributed by atoms with Crippen LogP contribution in [0.4, 0.5) is 0 Å². The molecule has 2 atom stereocenters. The molecular weight excluding hydrogens is 270 g/mol. The zero-order valence-corrected chi connectivity index (χ0v) is 12.6. The maximum atomic E-state index is 5.44. The topological polar surface area (TPSA) is 49.7 Å². The maximum absolute atomic E-state index is 5.44. The van der Waals surface area contributed by atoms with E-state index in [9.17, 15) is 0 Å². The Balaban J connectivity index is 2.10. The van der Waals surface area contributed by atoms with Crippen LogP contribution in [0.3, 0.4) is 0 Å².